The van der Waals surface area contributed by atoms with E-state index in [4.69, 9.17) is 9.78 Å². The fraction of sp³-hybridized carbons (Fsp3) is 0.875. The second-order valence-electron chi connectivity index (χ2n) is 6.31. The molecule has 0 heterocycles. The first-order valence-corrected chi connectivity index (χ1v) is 7.59. The van der Waals surface area contributed by atoms with Gasteiger partial charge < -0.3 is 0 Å². The fourth-order valence-corrected chi connectivity index (χ4v) is 2.12. The summed E-state index contributed by atoms with van der Waals surface area (Å²) in [5.41, 5.74) is -0.225. The van der Waals surface area contributed by atoms with Crippen molar-refractivity contribution in [3.05, 3.63) is 12.2 Å². The number of allylic oxidation sites excluding steroid dienone is 1. The lowest BCUT2D eigenvalue weighted by atomic mass is 10.0. The van der Waals surface area contributed by atoms with Crippen LogP contribution in [0.4, 0.5) is 0 Å². The molecule has 0 saturated heterocycles. The van der Waals surface area contributed by atoms with Gasteiger partial charge in [0.2, 0.25) is 0 Å². The minimum absolute atomic E-state index is 0.128. The van der Waals surface area contributed by atoms with E-state index < -0.39 is 0 Å². The van der Waals surface area contributed by atoms with Crippen molar-refractivity contribution < 1.29 is 9.78 Å². The highest BCUT2D eigenvalue weighted by Gasteiger charge is 2.15. The predicted molar refractivity (Wildman–Crippen MR) is 76.4 cm³/mol. The van der Waals surface area contributed by atoms with E-state index in [0.29, 0.717) is 0 Å². The Morgan fingerprint density at radius 3 is 2.17 bits per heavy atom. The molecule has 106 valence electrons. The molecule has 0 saturated carbocycles. The van der Waals surface area contributed by atoms with Crippen molar-refractivity contribution in [2.75, 3.05) is 0 Å². The van der Waals surface area contributed by atoms with Gasteiger partial charge in [-0.2, -0.15) is 0 Å². The van der Waals surface area contributed by atoms with Crippen LogP contribution >= 0.6 is 0 Å². The fourth-order valence-electron chi connectivity index (χ4n) is 2.12. The molecule has 0 amide bonds. The molecule has 1 aliphatic carbocycles. The van der Waals surface area contributed by atoms with Gasteiger partial charge in [-0.05, 0) is 40.0 Å². The molecule has 18 heavy (non-hydrogen) atoms. The molecule has 0 bridgehead atoms. The van der Waals surface area contributed by atoms with Gasteiger partial charge >= 0.3 is 0 Å². The van der Waals surface area contributed by atoms with E-state index >= 15 is 0 Å². The van der Waals surface area contributed by atoms with Crippen molar-refractivity contribution in [1.29, 1.82) is 0 Å². The van der Waals surface area contributed by atoms with Gasteiger partial charge in [-0.3, -0.25) is 0 Å². The van der Waals surface area contributed by atoms with Gasteiger partial charge in [-0.15, -0.1) is 0 Å². The molecule has 0 aliphatic heterocycles. The van der Waals surface area contributed by atoms with Crippen LogP contribution in [-0.2, 0) is 9.78 Å². The van der Waals surface area contributed by atoms with Crippen LogP contribution in [0.15, 0.2) is 12.2 Å². The maximum Gasteiger partial charge on any atom is 0.111 e. The summed E-state index contributed by atoms with van der Waals surface area (Å²) in [4.78, 5) is 11.0. The van der Waals surface area contributed by atoms with E-state index in [9.17, 15) is 0 Å². The molecule has 0 N–H and O–H groups in total. The van der Waals surface area contributed by atoms with Crippen LogP contribution in [-0.4, -0.2) is 11.7 Å². The van der Waals surface area contributed by atoms with Gasteiger partial charge in [-0.25, -0.2) is 9.78 Å². The molecule has 2 heteroatoms. The minimum atomic E-state index is -0.225. The highest BCUT2D eigenvalue weighted by Crippen LogP contribution is 2.17. The Balaban J connectivity index is 2.37. The van der Waals surface area contributed by atoms with Crippen LogP contribution in [0.25, 0.3) is 0 Å². The first-order valence-electron chi connectivity index (χ1n) is 7.59. The molecule has 0 aromatic heterocycles. The minimum Gasteiger partial charge on any atom is -0.230 e. The zero-order valence-corrected chi connectivity index (χ0v) is 12.4. The van der Waals surface area contributed by atoms with Crippen molar-refractivity contribution >= 4 is 0 Å². The lowest BCUT2D eigenvalue weighted by Crippen LogP contribution is -2.23. The average molecular weight is 254 g/mol. The molecule has 0 aromatic carbocycles. The second kappa shape index (κ2) is 8.71. The molecule has 1 unspecified atom stereocenters. The molecule has 1 aliphatic rings. The third-order valence-electron chi connectivity index (χ3n) is 3.13. The van der Waals surface area contributed by atoms with Crippen LogP contribution in [0.2, 0.25) is 0 Å². The number of hydrogen-bond donors (Lipinski definition) is 0. The van der Waals surface area contributed by atoms with E-state index in [1.54, 1.807) is 0 Å². The average Bonchev–Trinajstić information content (AvgIpc) is 2.27. The Bertz CT molecular complexity index is 228. The number of hydrogen-bond acceptors (Lipinski definition) is 2. The summed E-state index contributed by atoms with van der Waals surface area (Å²) in [6.45, 7) is 6.06. The van der Waals surface area contributed by atoms with Crippen molar-refractivity contribution in [2.45, 2.75) is 90.3 Å². The summed E-state index contributed by atoms with van der Waals surface area (Å²) < 4.78 is 0. The van der Waals surface area contributed by atoms with E-state index in [-0.39, 0.29) is 11.7 Å². The molecule has 1 atom stereocenters. The Morgan fingerprint density at radius 2 is 1.50 bits per heavy atom. The van der Waals surface area contributed by atoms with E-state index in [0.717, 1.165) is 6.42 Å². The molecule has 2 nitrogen and oxygen atoms in total. The maximum atomic E-state index is 5.56. The van der Waals surface area contributed by atoms with Gasteiger partial charge in [0.05, 0.1) is 5.60 Å². The van der Waals surface area contributed by atoms with Crippen molar-refractivity contribution in [2.24, 2.45) is 0 Å². The number of rotatable bonds is 2. The maximum absolute atomic E-state index is 5.56. The Labute approximate surface area is 113 Å². The van der Waals surface area contributed by atoms with Crippen molar-refractivity contribution in [3.8, 4) is 0 Å². The van der Waals surface area contributed by atoms with Gasteiger partial charge in [0.25, 0.3) is 0 Å². The zero-order valence-electron chi connectivity index (χ0n) is 12.4. The summed E-state index contributed by atoms with van der Waals surface area (Å²) in [7, 11) is 0. The van der Waals surface area contributed by atoms with E-state index in [1.807, 2.05) is 20.8 Å². The third kappa shape index (κ3) is 8.71. The van der Waals surface area contributed by atoms with Crippen LogP contribution in [0.5, 0.6) is 0 Å². The lowest BCUT2D eigenvalue weighted by Gasteiger charge is -2.21. The van der Waals surface area contributed by atoms with Crippen LogP contribution < -0.4 is 0 Å². The van der Waals surface area contributed by atoms with Crippen LogP contribution in [0.1, 0.15) is 78.6 Å². The standard InChI is InChI=1S/C16H30O2/c1-16(2,3)18-17-15-13-11-9-7-5-4-6-8-10-12-14-15/h11,13,15H,4-10,12,14H2,1-3H3/b13-11-. The molecular formula is C16H30O2. The molecule has 0 radical (unpaired) electrons. The third-order valence-corrected chi connectivity index (χ3v) is 3.13. The molecule has 0 spiro atoms. The van der Waals surface area contributed by atoms with Gasteiger partial charge in [0.1, 0.15) is 6.10 Å². The van der Waals surface area contributed by atoms with E-state index in [2.05, 4.69) is 12.2 Å². The first-order chi connectivity index (χ1) is 8.58. The van der Waals surface area contributed by atoms with E-state index in [1.165, 1.54) is 51.4 Å². The quantitative estimate of drug-likeness (QED) is 0.384. The smallest absolute Gasteiger partial charge is 0.111 e. The summed E-state index contributed by atoms with van der Waals surface area (Å²) in [6.07, 6.45) is 16.2. The van der Waals surface area contributed by atoms with Crippen molar-refractivity contribution in [1.82, 2.24) is 0 Å². The Hall–Kier alpha value is -0.340. The molecule has 0 aromatic rings. The Kier molecular flexibility index (Phi) is 7.60. The SMILES string of the molecule is CC(C)(C)OOC1/C=C\CCCCCCCCC1. The summed E-state index contributed by atoms with van der Waals surface area (Å²) >= 11 is 0. The molecular weight excluding hydrogens is 224 g/mol. The lowest BCUT2D eigenvalue weighted by molar-refractivity contribution is -0.365. The van der Waals surface area contributed by atoms with Crippen LogP contribution in [0.3, 0.4) is 0 Å². The predicted octanol–water partition coefficient (Wildman–Crippen LogP) is 5.18. The molecule has 1 rings (SSSR count). The first kappa shape index (κ1) is 15.7. The highest BCUT2D eigenvalue weighted by atomic mass is 17.2. The van der Waals surface area contributed by atoms with Gasteiger partial charge in [0.15, 0.2) is 0 Å². The zero-order chi connectivity index (χ0) is 13.3. The normalized spacial score (nSPS) is 26.1. The summed E-state index contributed by atoms with van der Waals surface area (Å²) in [5.74, 6) is 0. The largest absolute Gasteiger partial charge is 0.230 e. The highest BCUT2D eigenvalue weighted by molar-refractivity contribution is 4.89. The van der Waals surface area contributed by atoms with Gasteiger partial charge in [0, 0.05) is 0 Å². The summed E-state index contributed by atoms with van der Waals surface area (Å²) in [6, 6.07) is 0. The van der Waals surface area contributed by atoms with Gasteiger partial charge in [-0.1, -0.05) is 50.7 Å². The monoisotopic (exact) mass is 254 g/mol. The second-order valence-corrected chi connectivity index (χ2v) is 6.31. The molecule has 0 fully saturated rings. The summed E-state index contributed by atoms with van der Waals surface area (Å²) in [5, 5.41) is 0. The Morgan fingerprint density at radius 1 is 0.889 bits per heavy atom. The van der Waals surface area contributed by atoms with Crippen molar-refractivity contribution in [3.63, 3.8) is 0 Å². The topological polar surface area (TPSA) is 18.5 Å². The van der Waals surface area contributed by atoms with Crippen LogP contribution in [0, 0.1) is 0 Å².